The van der Waals surface area contributed by atoms with Crippen LogP contribution in [0.1, 0.15) is 52.0 Å². The summed E-state index contributed by atoms with van der Waals surface area (Å²) >= 11 is 0. The molecule has 0 radical (unpaired) electrons. The van der Waals surface area contributed by atoms with Crippen LogP contribution in [0.3, 0.4) is 0 Å². The quantitative estimate of drug-likeness (QED) is 0.337. The van der Waals surface area contributed by atoms with Gasteiger partial charge in [0, 0.05) is 19.3 Å². The number of aromatic nitrogens is 1. The SMILES string of the molecule is CNC(=O)C(NC(CCc1ccc(C(F)(F)F)nc1)c1ccc(F)c(C)c1)c1ccc(C(F)(F)F)cc1. The van der Waals surface area contributed by atoms with Crippen molar-refractivity contribution >= 4 is 5.91 Å². The van der Waals surface area contributed by atoms with Crippen LogP contribution in [0.2, 0.25) is 0 Å². The molecule has 0 bridgehead atoms. The van der Waals surface area contributed by atoms with E-state index in [0.29, 0.717) is 16.7 Å². The van der Waals surface area contributed by atoms with Gasteiger partial charge in [0.1, 0.15) is 17.6 Å². The van der Waals surface area contributed by atoms with E-state index in [-0.39, 0.29) is 18.4 Å². The van der Waals surface area contributed by atoms with Gasteiger partial charge >= 0.3 is 12.4 Å². The number of rotatable bonds is 8. The van der Waals surface area contributed by atoms with E-state index in [1.165, 1.54) is 37.4 Å². The number of alkyl halides is 6. The van der Waals surface area contributed by atoms with Crippen LogP contribution in [-0.4, -0.2) is 17.9 Å². The molecule has 1 aromatic heterocycles. The molecule has 1 heterocycles. The lowest BCUT2D eigenvalue weighted by molar-refractivity contribution is -0.141. The number of hydrogen-bond donors (Lipinski definition) is 2. The van der Waals surface area contributed by atoms with Crippen molar-refractivity contribution in [3.63, 3.8) is 0 Å². The molecule has 1 amide bonds. The van der Waals surface area contributed by atoms with Gasteiger partial charge in [0.05, 0.1) is 5.56 Å². The molecule has 2 aromatic carbocycles. The number of nitrogens with zero attached hydrogens (tertiary/aromatic N) is 1. The number of carbonyl (C=O) groups excluding carboxylic acids is 1. The molecule has 37 heavy (non-hydrogen) atoms. The van der Waals surface area contributed by atoms with Gasteiger partial charge in [-0.2, -0.15) is 26.3 Å². The maximum Gasteiger partial charge on any atom is 0.433 e. The van der Waals surface area contributed by atoms with E-state index in [1.54, 1.807) is 13.0 Å². The number of halogens is 7. The number of amides is 1. The van der Waals surface area contributed by atoms with E-state index in [4.69, 9.17) is 0 Å². The minimum absolute atomic E-state index is 0.257. The molecule has 2 atom stereocenters. The summed E-state index contributed by atoms with van der Waals surface area (Å²) in [5.41, 5.74) is -0.183. The highest BCUT2D eigenvalue weighted by Gasteiger charge is 2.33. The Labute approximate surface area is 208 Å². The first kappa shape index (κ1) is 28.1. The van der Waals surface area contributed by atoms with Gasteiger partial charge in [-0.1, -0.05) is 30.3 Å². The lowest BCUT2D eigenvalue weighted by Crippen LogP contribution is -2.38. The minimum atomic E-state index is -4.57. The molecule has 198 valence electrons. The van der Waals surface area contributed by atoms with Gasteiger partial charge in [0.25, 0.3) is 0 Å². The Morgan fingerprint density at radius 1 is 0.919 bits per heavy atom. The zero-order chi connectivity index (χ0) is 27.4. The number of hydrogen-bond acceptors (Lipinski definition) is 3. The second kappa shape index (κ2) is 11.3. The van der Waals surface area contributed by atoms with Crippen molar-refractivity contribution in [2.24, 2.45) is 0 Å². The Morgan fingerprint density at radius 2 is 1.57 bits per heavy atom. The monoisotopic (exact) mass is 527 g/mol. The van der Waals surface area contributed by atoms with Gasteiger partial charge in [0.2, 0.25) is 5.91 Å². The Hall–Kier alpha value is -3.47. The van der Waals surface area contributed by atoms with E-state index < -0.39 is 47.4 Å². The van der Waals surface area contributed by atoms with Gasteiger partial charge in [-0.3, -0.25) is 15.1 Å². The molecule has 0 fully saturated rings. The van der Waals surface area contributed by atoms with E-state index in [9.17, 15) is 35.5 Å². The van der Waals surface area contributed by atoms with Crippen LogP contribution in [0.15, 0.2) is 60.8 Å². The second-order valence-corrected chi connectivity index (χ2v) is 8.48. The van der Waals surface area contributed by atoms with E-state index in [0.717, 1.165) is 24.4 Å². The molecule has 2 unspecified atom stereocenters. The maximum atomic E-state index is 13.9. The molecule has 2 N–H and O–H groups in total. The van der Waals surface area contributed by atoms with Gasteiger partial charge in [0.15, 0.2) is 0 Å². The lowest BCUT2D eigenvalue weighted by Gasteiger charge is -2.26. The molecular formula is C26H24F7N3O. The molecule has 0 aliphatic heterocycles. The van der Waals surface area contributed by atoms with Gasteiger partial charge in [-0.05, 0) is 66.3 Å². The van der Waals surface area contributed by atoms with Crippen LogP contribution in [0.25, 0.3) is 0 Å². The molecule has 0 saturated carbocycles. The highest BCUT2D eigenvalue weighted by atomic mass is 19.4. The fourth-order valence-electron chi connectivity index (χ4n) is 3.82. The third-order valence-corrected chi connectivity index (χ3v) is 5.87. The molecule has 3 aromatic rings. The Kier molecular flexibility index (Phi) is 8.57. The molecular weight excluding hydrogens is 503 g/mol. The average Bonchev–Trinajstić information content (AvgIpc) is 2.85. The van der Waals surface area contributed by atoms with Crippen molar-refractivity contribution < 1.29 is 35.5 Å². The molecule has 3 rings (SSSR count). The predicted molar refractivity (Wildman–Crippen MR) is 123 cm³/mol. The Bertz CT molecular complexity index is 1210. The number of nitrogens with one attached hydrogen (secondary N) is 2. The third kappa shape index (κ3) is 7.28. The van der Waals surface area contributed by atoms with Crippen molar-refractivity contribution in [1.29, 1.82) is 0 Å². The number of benzene rings is 2. The van der Waals surface area contributed by atoms with Crippen LogP contribution in [-0.2, 0) is 23.6 Å². The normalized spacial score (nSPS) is 13.8. The van der Waals surface area contributed by atoms with Crippen molar-refractivity contribution in [2.45, 2.75) is 44.2 Å². The number of aryl methyl sites for hydroxylation is 2. The predicted octanol–water partition coefficient (Wildman–Crippen LogP) is 6.32. The zero-order valence-corrected chi connectivity index (χ0v) is 19.8. The van der Waals surface area contributed by atoms with E-state index >= 15 is 0 Å². The zero-order valence-electron chi connectivity index (χ0n) is 19.8. The van der Waals surface area contributed by atoms with Crippen molar-refractivity contribution in [1.82, 2.24) is 15.6 Å². The fraction of sp³-hybridized carbons (Fsp3) is 0.308. The van der Waals surface area contributed by atoms with Gasteiger partial charge in [-0.15, -0.1) is 0 Å². The third-order valence-electron chi connectivity index (χ3n) is 5.87. The smallest absolute Gasteiger partial charge is 0.358 e. The largest absolute Gasteiger partial charge is 0.433 e. The standard InChI is InChI=1S/C26H24F7N3O/c1-15-13-18(7-10-20(15)27)21(11-3-16-4-12-22(35-14-16)26(31,32)33)36-23(24(37)34-2)17-5-8-19(9-6-17)25(28,29)30/h4-10,12-14,21,23,36H,3,11H2,1-2H3,(H,34,37). The molecule has 0 spiro atoms. The summed E-state index contributed by atoms with van der Waals surface area (Å²) < 4.78 is 91.4. The maximum absolute atomic E-state index is 13.9. The number of likely N-dealkylation sites (N-methyl/N-ethyl adjacent to an activating group) is 1. The fourth-order valence-corrected chi connectivity index (χ4v) is 3.82. The van der Waals surface area contributed by atoms with E-state index in [2.05, 4.69) is 15.6 Å². The van der Waals surface area contributed by atoms with Gasteiger partial charge < -0.3 is 5.32 Å². The first-order valence-electron chi connectivity index (χ1n) is 11.2. The molecule has 0 aliphatic rings. The average molecular weight is 527 g/mol. The number of carbonyl (C=O) groups is 1. The highest BCUT2D eigenvalue weighted by molar-refractivity contribution is 5.83. The molecule has 11 heteroatoms. The summed E-state index contributed by atoms with van der Waals surface area (Å²) in [5.74, 6) is -0.959. The van der Waals surface area contributed by atoms with E-state index in [1.807, 2.05) is 0 Å². The van der Waals surface area contributed by atoms with Crippen LogP contribution >= 0.6 is 0 Å². The summed E-state index contributed by atoms with van der Waals surface area (Å²) in [4.78, 5) is 16.2. The van der Waals surface area contributed by atoms with Crippen molar-refractivity contribution in [2.75, 3.05) is 7.05 Å². The van der Waals surface area contributed by atoms with Crippen molar-refractivity contribution in [3.05, 3.63) is 100 Å². The molecule has 4 nitrogen and oxygen atoms in total. The summed E-state index contributed by atoms with van der Waals surface area (Å²) in [6.45, 7) is 1.56. The summed E-state index contributed by atoms with van der Waals surface area (Å²) in [5, 5.41) is 5.61. The Morgan fingerprint density at radius 3 is 2.08 bits per heavy atom. The first-order chi connectivity index (χ1) is 17.3. The van der Waals surface area contributed by atoms with Crippen LogP contribution < -0.4 is 10.6 Å². The second-order valence-electron chi connectivity index (χ2n) is 8.48. The highest BCUT2D eigenvalue weighted by Crippen LogP contribution is 2.32. The topological polar surface area (TPSA) is 54.0 Å². The molecule has 0 aliphatic carbocycles. The summed E-state index contributed by atoms with van der Waals surface area (Å²) in [6, 6.07) is 8.99. The van der Waals surface area contributed by atoms with Crippen LogP contribution in [0.5, 0.6) is 0 Å². The number of pyridine rings is 1. The lowest BCUT2D eigenvalue weighted by atomic mass is 9.95. The van der Waals surface area contributed by atoms with Crippen molar-refractivity contribution in [3.8, 4) is 0 Å². The molecule has 0 saturated heterocycles. The van der Waals surface area contributed by atoms with Gasteiger partial charge in [-0.25, -0.2) is 4.39 Å². The minimum Gasteiger partial charge on any atom is -0.358 e. The Balaban J connectivity index is 1.90. The summed E-state index contributed by atoms with van der Waals surface area (Å²) in [7, 11) is 1.38. The summed E-state index contributed by atoms with van der Waals surface area (Å²) in [6.07, 6.45) is -7.48. The van der Waals surface area contributed by atoms with Crippen LogP contribution in [0.4, 0.5) is 30.7 Å². The van der Waals surface area contributed by atoms with Crippen LogP contribution in [0, 0.1) is 12.7 Å². The first-order valence-corrected chi connectivity index (χ1v) is 11.2.